The molecular formula is C19H20N2O3S. The van der Waals surface area contributed by atoms with Crippen LogP contribution < -0.4 is 5.56 Å². The number of rotatable bonds is 5. The van der Waals surface area contributed by atoms with Crippen molar-refractivity contribution >= 4 is 27.5 Å². The summed E-state index contributed by atoms with van der Waals surface area (Å²) in [4.78, 5) is 30.8. The van der Waals surface area contributed by atoms with Crippen molar-refractivity contribution in [2.45, 2.75) is 39.8 Å². The van der Waals surface area contributed by atoms with Crippen molar-refractivity contribution in [2.24, 2.45) is 0 Å². The van der Waals surface area contributed by atoms with Gasteiger partial charge in [-0.25, -0.2) is 9.78 Å². The molecule has 0 aliphatic carbocycles. The zero-order valence-electron chi connectivity index (χ0n) is 14.5. The molecule has 0 bridgehead atoms. The average molecular weight is 356 g/mol. The topological polar surface area (TPSA) is 61.2 Å². The molecule has 5 nitrogen and oxygen atoms in total. The second-order valence-corrected chi connectivity index (χ2v) is 7.23. The van der Waals surface area contributed by atoms with E-state index in [0.717, 1.165) is 21.7 Å². The Balaban J connectivity index is 1.82. The highest BCUT2D eigenvalue weighted by molar-refractivity contribution is 7.18. The van der Waals surface area contributed by atoms with Crippen molar-refractivity contribution in [1.82, 2.24) is 9.55 Å². The number of fused-ring (bicyclic) bond motifs is 1. The lowest BCUT2D eigenvalue weighted by Crippen LogP contribution is -2.20. The molecule has 0 spiro atoms. The van der Waals surface area contributed by atoms with Crippen LogP contribution >= 0.6 is 11.3 Å². The standard InChI is InChI=1S/C19H20N2O3S/c1-4-15-9-16-17(25-15)20-11-21(18(16)22)10-13-5-7-14(8-6-13)19(23)24-12(2)3/h5-9,11-12H,4,10H2,1-3H3. The summed E-state index contributed by atoms with van der Waals surface area (Å²) in [6.45, 7) is 6.11. The van der Waals surface area contributed by atoms with Gasteiger partial charge in [0.1, 0.15) is 4.83 Å². The van der Waals surface area contributed by atoms with E-state index in [4.69, 9.17) is 4.74 Å². The van der Waals surface area contributed by atoms with Gasteiger partial charge in [-0.2, -0.15) is 0 Å². The summed E-state index contributed by atoms with van der Waals surface area (Å²) < 4.78 is 6.76. The van der Waals surface area contributed by atoms with Gasteiger partial charge in [-0.3, -0.25) is 9.36 Å². The van der Waals surface area contributed by atoms with Crippen LogP contribution in [0.2, 0.25) is 0 Å². The van der Waals surface area contributed by atoms with Gasteiger partial charge in [-0.1, -0.05) is 19.1 Å². The normalized spacial score (nSPS) is 11.2. The van der Waals surface area contributed by atoms with Crippen LogP contribution in [0.25, 0.3) is 10.2 Å². The van der Waals surface area contributed by atoms with E-state index < -0.39 is 0 Å². The van der Waals surface area contributed by atoms with E-state index in [2.05, 4.69) is 11.9 Å². The van der Waals surface area contributed by atoms with E-state index in [-0.39, 0.29) is 17.6 Å². The molecule has 3 aromatic rings. The molecule has 2 aromatic heterocycles. The molecule has 1 aromatic carbocycles. The first-order chi connectivity index (χ1) is 12.0. The van der Waals surface area contributed by atoms with Crippen molar-refractivity contribution in [2.75, 3.05) is 0 Å². The molecule has 3 rings (SSSR count). The molecule has 0 aliphatic heterocycles. The van der Waals surface area contributed by atoms with E-state index >= 15 is 0 Å². The van der Waals surface area contributed by atoms with Gasteiger partial charge in [0.25, 0.3) is 5.56 Å². The summed E-state index contributed by atoms with van der Waals surface area (Å²) in [6.07, 6.45) is 2.33. The lowest BCUT2D eigenvalue weighted by atomic mass is 10.1. The van der Waals surface area contributed by atoms with Crippen molar-refractivity contribution < 1.29 is 9.53 Å². The molecule has 0 atom stereocenters. The smallest absolute Gasteiger partial charge is 0.338 e. The summed E-state index contributed by atoms with van der Waals surface area (Å²) in [7, 11) is 0. The third kappa shape index (κ3) is 3.79. The van der Waals surface area contributed by atoms with Crippen LogP contribution in [0.1, 0.15) is 41.6 Å². The Bertz CT molecular complexity index is 955. The fraction of sp³-hybridized carbons (Fsp3) is 0.316. The Morgan fingerprint density at radius 1 is 1.28 bits per heavy atom. The molecule has 0 amide bonds. The number of aryl methyl sites for hydroxylation is 1. The van der Waals surface area contributed by atoms with Crippen LogP contribution in [0.4, 0.5) is 0 Å². The average Bonchev–Trinajstić information content (AvgIpc) is 3.01. The summed E-state index contributed by atoms with van der Waals surface area (Å²) in [5, 5.41) is 0.668. The van der Waals surface area contributed by atoms with Crippen LogP contribution in [0.15, 0.2) is 41.5 Å². The zero-order valence-corrected chi connectivity index (χ0v) is 15.3. The first-order valence-corrected chi connectivity index (χ1v) is 9.07. The predicted molar refractivity (Wildman–Crippen MR) is 99.4 cm³/mol. The van der Waals surface area contributed by atoms with Crippen LogP contribution in [-0.2, 0) is 17.7 Å². The van der Waals surface area contributed by atoms with Gasteiger partial charge in [-0.05, 0) is 44.0 Å². The van der Waals surface area contributed by atoms with E-state index in [1.54, 1.807) is 34.4 Å². The summed E-state index contributed by atoms with van der Waals surface area (Å²) >= 11 is 1.56. The number of benzene rings is 1. The van der Waals surface area contributed by atoms with E-state index in [0.29, 0.717) is 17.5 Å². The minimum atomic E-state index is -0.341. The number of ether oxygens (including phenoxy) is 1. The second-order valence-electron chi connectivity index (χ2n) is 6.11. The lowest BCUT2D eigenvalue weighted by molar-refractivity contribution is 0.0378. The number of hydrogen-bond acceptors (Lipinski definition) is 5. The van der Waals surface area contributed by atoms with Gasteiger partial charge in [0.15, 0.2) is 0 Å². The fourth-order valence-corrected chi connectivity index (χ4v) is 3.45. The van der Waals surface area contributed by atoms with Crippen molar-refractivity contribution in [3.8, 4) is 0 Å². The van der Waals surface area contributed by atoms with Gasteiger partial charge >= 0.3 is 5.97 Å². The molecule has 2 heterocycles. The third-order valence-electron chi connectivity index (χ3n) is 3.80. The quantitative estimate of drug-likeness (QED) is 0.655. The number of thiophene rings is 1. The molecule has 25 heavy (non-hydrogen) atoms. The Morgan fingerprint density at radius 3 is 2.64 bits per heavy atom. The maximum absolute atomic E-state index is 12.6. The molecule has 0 N–H and O–H groups in total. The minimum absolute atomic E-state index is 0.0377. The minimum Gasteiger partial charge on any atom is -0.459 e. The van der Waals surface area contributed by atoms with Crippen molar-refractivity contribution in [3.05, 3.63) is 63.0 Å². The fourth-order valence-electron chi connectivity index (χ4n) is 2.52. The molecule has 6 heteroatoms. The zero-order chi connectivity index (χ0) is 18.0. The molecule has 0 unspecified atom stereocenters. The van der Waals surface area contributed by atoms with Gasteiger partial charge in [0.2, 0.25) is 0 Å². The third-order valence-corrected chi connectivity index (χ3v) is 4.99. The molecular weight excluding hydrogens is 336 g/mol. The Hall–Kier alpha value is -2.47. The van der Waals surface area contributed by atoms with Crippen molar-refractivity contribution in [1.29, 1.82) is 0 Å². The number of aromatic nitrogens is 2. The summed E-state index contributed by atoms with van der Waals surface area (Å²) in [5.41, 5.74) is 1.39. The molecule has 0 fully saturated rings. The number of carbonyl (C=O) groups is 1. The maximum Gasteiger partial charge on any atom is 0.338 e. The highest BCUT2D eigenvalue weighted by Crippen LogP contribution is 2.21. The first-order valence-electron chi connectivity index (χ1n) is 8.25. The summed E-state index contributed by atoms with van der Waals surface area (Å²) in [6, 6.07) is 9.03. The second kappa shape index (κ2) is 7.19. The molecule has 0 saturated heterocycles. The van der Waals surface area contributed by atoms with E-state index in [1.807, 2.05) is 32.0 Å². The molecule has 130 valence electrons. The van der Waals surface area contributed by atoms with Gasteiger partial charge < -0.3 is 4.74 Å². The Labute approximate surface area is 149 Å². The summed E-state index contributed by atoms with van der Waals surface area (Å²) in [5.74, 6) is -0.341. The maximum atomic E-state index is 12.6. The van der Waals surface area contributed by atoms with Crippen LogP contribution in [-0.4, -0.2) is 21.6 Å². The number of esters is 1. The van der Waals surface area contributed by atoms with Crippen LogP contribution in [0.5, 0.6) is 0 Å². The van der Waals surface area contributed by atoms with Crippen molar-refractivity contribution in [3.63, 3.8) is 0 Å². The highest BCUT2D eigenvalue weighted by atomic mass is 32.1. The van der Waals surface area contributed by atoms with E-state index in [1.165, 1.54) is 0 Å². The SMILES string of the molecule is CCc1cc2c(=O)n(Cc3ccc(C(=O)OC(C)C)cc3)cnc2s1. The Kier molecular flexibility index (Phi) is 4.99. The van der Waals surface area contributed by atoms with Crippen LogP contribution in [0, 0.1) is 0 Å². The molecule has 0 saturated carbocycles. The number of carbonyl (C=O) groups excluding carboxylic acids is 1. The largest absolute Gasteiger partial charge is 0.459 e. The first kappa shape index (κ1) is 17.4. The molecule has 0 radical (unpaired) electrons. The highest BCUT2D eigenvalue weighted by Gasteiger charge is 2.11. The van der Waals surface area contributed by atoms with E-state index in [9.17, 15) is 9.59 Å². The monoisotopic (exact) mass is 356 g/mol. The Morgan fingerprint density at radius 2 is 2.00 bits per heavy atom. The predicted octanol–water partition coefficient (Wildman–Crippen LogP) is 3.63. The van der Waals surface area contributed by atoms with Gasteiger partial charge in [0.05, 0.1) is 29.9 Å². The van der Waals surface area contributed by atoms with Gasteiger partial charge in [-0.15, -0.1) is 11.3 Å². The molecule has 0 aliphatic rings. The van der Waals surface area contributed by atoms with Crippen LogP contribution in [0.3, 0.4) is 0 Å². The number of hydrogen-bond donors (Lipinski definition) is 0. The number of nitrogens with zero attached hydrogens (tertiary/aromatic N) is 2. The van der Waals surface area contributed by atoms with Gasteiger partial charge in [0, 0.05) is 4.88 Å². The lowest BCUT2D eigenvalue weighted by Gasteiger charge is -2.09.